The number of amides is 2. The third-order valence-corrected chi connectivity index (χ3v) is 7.32. The molecule has 0 saturated heterocycles. The zero-order valence-electron chi connectivity index (χ0n) is 21.0. The van der Waals surface area contributed by atoms with Crippen LogP contribution in [0.15, 0.2) is 42.5 Å². The number of hydrogen-bond donors (Lipinski definition) is 1. The zero-order chi connectivity index (χ0) is 26.9. The van der Waals surface area contributed by atoms with Gasteiger partial charge in [0, 0.05) is 29.2 Å². The van der Waals surface area contributed by atoms with Crippen LogP contribution in [0.3, 0.4) is 0 Å². The number of nitrogens with zero attached hydrogens (tertiary/aromatic N) is 2. The number of anilines is 1. The summed E-state index contributed by atoms with van der Waals surface area (Å²) in [5, 5.41) is 3.65. The molecule has 0 fully saturated rings. The van der Waals surface area contributed by atoms with Crippen molar-refractivity contribution >= 4 is 50.7 Å². The lowest BCUT2D eigenvalue weighted by molar-refractivity contribution is -0.140. The van der Waals surface area contributed by atoms with Gasteiger partial charge in [-0.05, 0) is 42.7 Å². The molecule has 0 bridgehead atoms. The minimum atomic E-state index is -3.84. The molecule has 0 aliphatic carbocycles. The number of sulfonamides is 1. The molecule has 8 nitrogen and oxygen atoms in total. The first-order valence-corrected chi connectivity index (χ1v) is 14.2. The Bertz CT molecular complexity index is 1160. The largest absolute Gasteiger partial charge is 0.497 e. The number of nitrogens with one attached hydrogen (secondary N) is 1. The molecule has 0 aromatic heterocycles. The van der Waals surface area contributed by atoms with Crippen LogP contribution in [0.25, 0.3) is 0 Å². The fraction of sp³-hybridized carbons (Fsp3) is 0.440. The van der Waals surface area contributed by atoms with Crippen molar-refractivity contribution in [1.82, 2.24) is 10.2 Å². The molecule has 0 heterocycles. The Labute approximate surface area is 223 Å². The highest BCUT2D eigenvalue weighted by Crippen LogP contribution is 2.26. The van der Waals surface area contributed by atoms with Gasteiger partial charge in [-0.1, -0.05) is 55.6 Å². The van der Waals surface area contributed by atoms with Gasteiger partial charge in [-0.15, -0.1) is 0 Å². The lowest BCUT2D eigenvalue weighted by Gasteiger charge is -2.33. The number of carbonyl (C=O) groups is 2. The Morgan fingerprint density at radius 1 is 1.11 bits per heavy atom. The number of hydrogen-bond acceptors (Lipinski definition) is 5. The van der Waals surface area contributed by atoms with Gasteiger partial charge in [0.05, 0.1) is 19.1 Å². The monoisotopic (exact) mass is 557 g/mol. The van der Waals surface area contributed by atoms with Gasteiger partial charge < -0.3 is 15.0 Å². The molecule has 2 aromatic rings. The van der Waals surface area contributed by atoms with E-state index in [4.69, 9.17) is 27.9 Å². The van der Waals surface area contributed by atoms with Crippen LogP contribution >= 0.6 is 23.2 Å². The summed E-state index contributed by atoms with van der Waals surface area (Å²) in [5.74, 6) is -0.413. The number of rotatable bonds is 13. The predicted octanol–water partition coefficient (Wildman–Crippen LogP) is 4.49. The number of halogens is 2. The Balaban J connectivity index is 2.45. The topological polar surface area (TPSA) is 96.0 Å². The van der Waals surface area contributed by atoms with E-state index in [2.05, 4.69) is 5.32 Å². The highest BCUT2D eigenvalue weighted by Gasteiger charge is 2.32. The first kappa shape index (κ1) is 29.7. The van der Waals surface area contributed by atoms with Gasteiger partial charge >= 0.3 is 0 Å². The van der Waals surface area contributed by atoms with E-state index >= 15 is 0 Å². The van der Waals surface area contributed by atoms with Gasteiger partial charge in [0.1, 0.15) is 18.3 Å². The van der Waals surface area contributed by atoms with Gasteiger partial charge in [0.25, 0.3) is 0 Å². The minimum absolute atomic E-state index is 0.00422. The first-order valence-electron chi connectivity index (χ1n) is 11.6. The number of benzene rings is 2. The van der Waals surface area contributed by atoms with Crippen molar-refractivity contribution in [3.8, 4) is 5.75 Å². The average molecular weight is 559 g/mol. The van der Waals surface area contributed by atoms with Gasteiger partial charge in [-0.2, -0.15) is 0 Å². The zero-order valence-corrected chi connectivity index (χ0v) is 23.3. The minimum Gasteiger partial charge on any atom is -0.497 e. The summed E-state index contributed by atoms with van der Waals surface area (Å²) in [5.41, 5.74) is 0.858. The maximum Gasteiger partial charge on any atom is 0.244 e. The van der Waals surface area contributed by atoms with Gasteiger partial charge in [0.2, 0.25) is 21.8 Å². The highest BCUT2D eigenvalue weighted by molar-refractivity contribution is 7.92. The molecule has 0 aliphatic rings. The maximum atomic E-state index is 13.7. The second-order valence-corrected chi connectivity index (χ2v) is 11.0. The van der Waals surface area contributed by atoms with E-state index < -0.39 is 28.5 Å². The van der Waals surface area contributed by atoms with Crippen molar-refractivity contribution < 1.29 is 22.7 Å². The number of carbonyl (C=O) groups excluding carboxylic acids is 2. The number of ether oxygens (including phenoxy) is 1. The van der Waals surface area contributed by atoms with Crippen molar-refractivity contribution in [1.29, 1.82) is 0 Å². The van der Waals surface area contributed by atoms with E-state index in [1.165, 1.54) is 18.1 Å². The van der Waals surface area contributed by atoms with E-state index in [9.17, 15) is 18.0 Å². The van der Waals surface area contributed by atoms with Gasteiger partial charge in [-0.25, -0.2) is 8.42 Å². The van der Waals surface area contributed by atoms with Crippen molar-refractivity contribution in [3.05, 3.63) is 58.1 Å². The van der Waals surface area contributed by atoms with Crippen LogP contribution < -0.4 is 14.4 Å². The van der Waals surface area contributed by atoms with Gasteiger partial charge in [-0.3, -0.25) is 13.9 Å². The highest BCUT2D eigenvalue weighted by atomic mass is 35.5. The van der Waals surface area contributed by atoms with E-state index in [0.717, 1.165) is 23.4 Å². The lowest BCUT2D eigenvalue weighted by atomic mass is 10.1. The quantitative estimate of drug-likeness (QED) is 0.366. The molecule has 0 saturated carbocycles. The Hall–Kier alpha value is -2.49. The lowest BCUT2D eigenvalue weighted by Crippen LogP contribution is -2.52. The third-order valence-electron chi connectivity index (χ3n) is 5.59. The molecule has 0 spiro atoms. The molecule has 1 N–H and O–H groups in total. The molecule has 2 amide bonds. The number of methoxy groups -OCH3 is 1. The summed E-state index contributed by atoms with van der Waals surface area (Å²) >= 11 is 12.4. The summed E-state index contributed by atoms with van der Waals surface area (Å²) in [6, 6.07) is 10.5. The Morgan fingerprint density at radius 3 is 2.42 bits per heavy atom. The van der Waals surface area contributed by atoms with Crippen LogP contribution in [-0.4, -0.2) is 57.6 Å². The average Bonchev–Trinajstić information content (AvgIpc) is 2.83. The standard InChI is InChI=1S/C25H33Cl2N3O5S/c1-5-7-13-28-25(32)23(6-2)29(16-18-11-12-19(26)14-22(18)27)24(31)17-30(36(4,33)34)20-9-8-10-21(15-20)35-3/h8-12,14-15,23H,5-7,13,16-17H2,1-4H3,(H,28,32)/t23-/m1/s1. The summed E-state index contributed by atoms with van der Waals surface area (Å²) in [7, 11) is -2.37. The van der Waals surface area contributed by atoms with E-state index in [-0.39, 0.29) is 18.1 Å². The summed E-state index contributed by atoms with van der Waals surface area (Å²) in [6.07, 6.45) is 3.06. The normalized spacial score (nSPS) is 12.1. The predicted molar refractivity (Wildman–Crippen MR) is 144 cm³/mol. The molecule has 1 atom stereocenters. The fourth-order valence-corrected chi connectivity index (χ4v) is 4.95. The summed E-state index contributed by atoms with van der Waals surface area (Å²) < 4.78 is 31.6. The smallest absolute Gasteiger partial charge is 0.244 e. The van der Waals surface area contributed by atoms with E-state index in [0.29, 0.717) is 34.3 Å². The van der Waals surface area contributed by atoms with Crippen LogP contribution in [-0.2, 0) is 26.2 Å². The second kappa shape index (κ2) is 13.7. The second-order valence-electron chi connectivity index (χ2n) is 8.30. The van der Waals surface area contributed by atoms with Crippen LogP contribution in [0, 0.1) is 0 Å². The maximum absolute atomic E-state index is 13.7. The van der Waals surface area contributed by atoms with Crippen molar-refractivity contribution in [2.45, 2.75) is 45.7 Å². The molecule has 0 radical (unpaired) electrons. The van der Waals surface area contributed by atoms with E-state index in [1.54, 1.807) is 43.3 Å². The summed E-state index contributed by atoms with van der Waals surface area (Å²) in [4.78, 5) is 28.1. The van der Waals surface area contributed by atoms with Crippen molar-refractivity contribution in [2.24, 2.45) is 0 Å². The van der Waals surface area contributed by atoms with Gasteiger partial charge in [0.15, 0.2) is 0 Å². The molecule has 11 heteroatoms. The Kier molecular flexibility index (Phi) is 11.3. The first-order chi connectivity index (χ1) is 17.0. The van der Waals surface area contributed by atoms with E-state index in [1.807, 2.05) is 6.92 Å². The Morgan fingerprint density at radius 2 is 1.83 bits per heavy atom. The van der Waals surface area contributed by atoms with Crippen LogP contribution in [0.1, 0.15) is 38.7 Å². The molecule has 198 valence electrons. The molecular formula is C25H33Cl2N3O5S. The fourth-order valence-electron chi connectivity index (χ4n) is 3.64. The molecule has 2 rings (SSSR count). The SMILES string of the molecule is CCCCNC(=O)[C@@H](CC)N(Cc1ccc(Cl)cc1Cl)C(=O)CN(c1cccc(OC)c1)S(C)(=O)=O. The van der Waals surface area contributed by atoms with Crippen LogP contribution in [0.4, 0.5) is 5.69 Å². The van der Waals surface area contributed by atoms with Crippen LogP contribution in [0.2, 0.25) is 10.0 Å². The van der Waals surface area contributed by atoms with Crippen molar-refractivity contribution in [2.75, 3.05) is 30.8 Å². The van der Waals surface area contributed by atoms with Crippen molar-refractivity contribution in [3.63, 3.8) is 0 Å². The van der Waals surface area contributed by atoms with Crippen LogP contribution in [0.5, 0.6) is 5.75 Å². The molecular weight excluding hydrogens is 525 g/mol. The molecule has 36 heavy (non-hydrogen) atoms. The number of unbranched alkanes of at least 4 members (excludes halogenated alkanes) is 1. The molecule has 2 aromatic carbocycles. The summed E-state index contributed by atoms with van der Waals surface area (Å²) in [6.45, 7) is 3.79. The third kappa shape index (κ3) is 8.28. The molecule has 0 unspecified atom stereocenters. The molecule has 0 aliphatic heterocycles.